The quantitative estimate of drug-likeness (QED) is 0.563. The number of ether oxygens (including phenoxy) is 1. The highest BCUT2D eigenvalue weighted by Crippen LogP contribution is 2.06. The summed E-state index contributed by atoms with van der Waals surface area (Å²) in [6, 6.07) is 0. The Balaban J connectivity index is 3.60. The molecular weight excluding hydrogens is 145 g/mol. The molecule has 0 aliphatic rings. The lowest BCUT2D eigenvalue weighted by Crippen LogP contribution is -2.21. The fourth-order valence-corrected chi connectivity index (χ4v) is 0.343. The van der Waals surface area contributed by atoms with E-state index in [0.29, 0.717) is 0 Å². The number of halogens is 3. The molecule has 1 atom stereocenters. The number of alkyl halides is 3. The molecule has 0 N–H and O–H groups in total. The standard InChI is InChI=1S/C6H9F3O/c1-2-3-10-5(4-7)6(8)9/h2-3,5-6H,4H2,1H3. The van der Waals surface area contributed by atoms with Gasteiger partial charge in [-0.2, -0.15) is 0 Å². The molecule has 0 rings (SSSR count). The van der Waals surface area contributed by atoms with E-state index >= 15 is 0 Å². The summed E-state index contributed by atoms with van der Waals surface area (Å²) in [4.78, 5) is 0. The molecule has 4 heteroatoms. The smallest absolute Gasteiger partial charge is 0.277 e. The molecular formula is C6H9F3O. The maximum absolute atomic E-state index is 11.6. The first-order valence-electron chi connectivity index (χ1n) is 2.83. The van der Waals surface area contributed by atoms with Crippen LogP contribution in [0.5, 0.6) is 0 Å². The minimum atomic E-state index is -2.76. The Morgan fingerprint density at radius 3 is 2.40 bits per heavy atom. The molecule has 1 unspecified atom stereocenters. The van der Waals surface area contributed by atoms with Gasteiger partial charge in [0.1, 0.15) is 6.67 Å². The number of hydrogen-bond acceptors (Lipinski definition) is 1. The fourth-order valence-electron chi connectivity index (χ4n) is 0.343. The van der Waals surface area contributed by atoms with Crippen LogP contribution in [0.2, 0.25) is 0 Å². The number of hydrogen-bond donors (Lipinski definition) is 0. The van der Waals surface area contributed by atoms with Crippen LogP contribution in [0.4, 0.5) is 13.2 Å². The molecule has 10 heavy (non-hydrogen) atoms. The van der Waals surface area contributed by atoms with E-state index in [0.717, 1.165) is 6.26 Å². The van der Waals surface area contributed by atoms with E-state index in [9.17, 15) is 13.2 Å². The van der Waals surface area contributed by atoms with Crippen LogP contribution in [0.1, 0.15) is 6.92 Å². The van der Waals surface area contributed by atoms with Gasteiger partial charge in [-0.1, -0.05) is 6.08 Å². The lowest BCUT2D eigenvalue weighted by Gasteiger charge is -2.10. The highest BCUT2D eigenvalue weighted by Gasteiger charge is 2.19. The molecule has 1 nitrogen and oxygen atoms in total. The van der Waals surface area contributed by atoms with Crippen LogP contribution in [-0.4, -0.2) is 19.2 Å². The first-order chi connectivity index (χ1) is 4.72. The second kappa shape index (κ2) is 5.14. The zero-order valence-electron chi connectivity index (χ0n) is 5.56. The lowest BCUT2D eigenvalue weighted by atomic mass is 10.4. The van der Waals surface area contributed by atoms with Gasteiger partial charge in [0.05, 0.1) is 6.26 Å². The fraction of sp³-hybridized carbons (Fsp3) is 0.667. The summed E-state index contributed by atoms with van der Waals surface area (Å²) in [7, 11) is 0. The van der Waals surface area contributed by atoms with Crippen LogP contribution < -0.4 is 0 Å². The van der Waals surface area contributed by atoms with Crippen molar-refractivity contribution in [3.05, 3.63) is 12.3 Å². The van der Waals surface area contributed by atoms with Crippen molar-refractivity contribution >= 4 is 0 Å². The van der Waals surface area contributed by atoms with E-state index in [-0.39, 0.29) is 0 Å². The number of rotatable bonds is 4. The average molecular weight is 154 g/mol. The largest absolute Gasteiger partial charge is 0.490 e. The van der Waals surface area contributed by atoms with Gasteiger partial charge in [-0.3, -0.25) is 0 Å². The molecule has 0 aromatic rings. The Bertz CT molecular complexity index is 103. The predicted molar refractivity (Wildman–Crippen MR) is 31.7 cm³/mol. The van der Waals surface area contributed by atoms with Crippen LogP contribution >= 0.6 is 0 Å². The molecule has 0 aromatic heterocycles. The van der Waals surface area contributed by atoms with Gasteiger partial charge >= 0.3 is 0 Å². The topological polar surface area (TPSA) is 9.23 Å². The highest BCUT2D eigenvalue weighted by atomic mass is 19.3. The molecule has 0 bridgehead atoms. The Labute approximate surface area is 57.5 Å². The van der Waals surface area contributed by atoms with E-state index < -0.39 is 19.2 Å². The summed E-state index contributed by atoms with van der Waals surface area (Å²) in [6.07, 6.45) is -1.90. The van der Waals surface area contributed by atoms with Crippen LogP contribution in [0, 0.1) is 0 Å². The monoisotopic (exact) mass is 154 g/mol. The Kier molecular flexibility index (Phi) is 4.80. The second-order valence-corrected chi connectivity index (χ2v) is 1.63. The highest BCUT2D eigenvalue weighted by molar-refractivity contribution is 4.70. The maximum Gasteiger partial charge on any atom is 0.277 e. The summed E-state index contributed by atoms with van der Waals surface area (Å²) in [5, 5.41) is 0. The summed E-state index contributed by atoms with van der Waals surface area (Å²) in [6.45, 7) is 0.433. The molecule has 0 aliphatic heterocycles. The molecule has 0 spiro atoms. The van der Waals surface area contributed by atoms with Gasteiger partial charge in [-0.05, 0) is 6.92 Å². The van der Waals surface area contributed by atoms with Crippen molar-refractivity contribution in [1.29, 1.82) is 0 Å². The molecule has 0 aromatic carbocycles. The Hall–Kier alpha value is -0.670. The SMILES string of the molecule is CC=COC(CF)C(F)F. The van der Waals surface area contributed by atoms with Crippen LogP contribution in [-0.2, 0) is 4.74 Å². The van der Waals surface area contributed by atoms with E-state index in [1.165, 1.54) is 6.08 Å². The van der Waals surface area contributed by atoms with Crippen molar-refractivity contribution in [2.75, 3.05) is 6.67 Å². The van der Waals surface area contributed by atoms with Crippen molar-refractivity contribution in [3.63, 3.8) is 0 Å². The summed E-state index contributed by atoms with van der Waals surface area (Å²) in [5.74, 6) is 0. The third-order valence-electron chi connectivity index (χ3n) is 0.823. The molecule has 0 radical (unpaired) electrons. The normalized spacial score (nSPS) is 14.5. The third-order valence-corrected chi connectivity index (χ3v) is 0.823. The van der Waals surface area contributed by atoms with Gasteiger partial charge in [0, 0.05) is 0 Å². The zero-order valence-corrected chi connectivity index (χ0v) is 5.56. The van der Waals surface area contributed by atoms with Crippen molar-refractivity contribution in [2.24, 2.45) is 0 Å². The summed E-state index contributed by atoms with van der Waals surface area (Å²) >= 11 is 0. The molecule has 0 amide bonds. The van der Waals surface area contributed by atoms with E-state index in [1.807, 2.05) is 0 Å². The Morgan fingerprint density at radius 2 is 2.10 bits per heavy atom. The first-order valence-corrected chi connectivity index (χ1v) is 2.83. The summed E-state index contributed by atoms with van der Waals surface area (Å²) in [5.41, 5.74) is 0. The van der Waals surface area contributed by atoms with Crippen LogP contribution in [0.3, 0.4) is 0 Å². The van der Waals surface area contributed by atoms with E-state index in [2.05, 4.69) is 4.74 Å². The minimum Gasteiger partial charge on any atom is -0.490 e. The lowest BCUT2D eigenvalue weighted by molar-refractivity contribution is -0.0257. The van der Waals surface area contributed by atoms with Crippen molar-refractivity contribution in [2.45, 2.75) is 19.5 Å². The average Bonchev–Trinajstić information content (AvgIpc) is 1.89. The van der Waals surface area contributed by atoms with Crippen LogP contribution in [0.25, 0.3) is 0 Å². The van der Waals surface area contributed by atoms with Crippen molar-refractivity contribution in [3.8, 4) is 0 Å². The second-order valence-electron chi connectivity index (χ2n) is 1.63. The van der Waals surface area contributed by atoms with Crippen molar-refractivity contribution in [1.82, 2.24) is 0 Å². The van der Waals surface area contributed by atoms with Crippen molar-refractivity contribution < 1.29 is 17.9 Å². The minimum absolute atomic E-state index is 1.05. The predicted octanol–water partition coefficient (Wildman–Crippen LogP) is 2.14. The zero-order chi connectivity index (χ0) is 7.98. The van der Waals surface area contributed by atoms with Gasteiger partial charge in [0.2, 0.25) is 0 Å². The maximum atomic E-state index is 11.6. The first kappa shape index (κ1) is 9.33. The Morgan fingerprint density at radius 1 is 1.50 bits per heavy atom. The van der Waals surface area contributed by atoms with Crippen LogP contribution in [0.15, 0.2) is 12.3 Å². The summed E-state index contributed by atoms with van der Waals surface area (Å²) < 4.78 is 39.1. The van der Waals surface area contributed by atoms with Gasteiger partial charge < -0.3 is 4.74 Å². The molecule has 0 saturated carbocycles. The van der Waals surface area contributed by atoms with Gasteiger partial charge in [-0.15, -0.1) is 0 Å². The van der Waals surface area contributed by atoms with E-state index in [1.54, 1.807) is 6.92 Å². The van der Waals surface area contributed by atoms with Gasteiger partial charge in [0.15, 0.2) is 6.10 Å². The molecule has 0 saturated heterocycles. The number of allylic oxidation sites excluding steroid dienone is 1. The van der Waals surface area contributed by atoms with Gasteiger partial charge in [-0.25, -0.2) is 13.2 Å². The van der Waals surface area contributed by atoms with E-state index in [4.69, 9.17) is 0 Å². The van der Waals surface area contributed by atoms with Gasteiger partial charge in [0.25, 0.3) is 6.43 Å². The molecule has 60 valence electrons. The molecule has 0 heterocycles. The molecule has 0 aliphatic carbocycles. The molecule has 0 fully saturated rings. The third kappa shape index (κ3) is 3.37.